The second-order valence-electron chi connectivity index (χ2n) is 4.52. The molecule has 0 saturated carbocycles. The number of imidazole rings is 1. The number of anilines is 1. The zero-order chi connectivity index (χ0) is 13.8. The first kappa shape index (κ1) is 12.3. The van der Waals surface area contributed by atoms with E-state index in [4.69, 9.17) is 0 Å². The fraction of sp³-hybridized carbons (Fsp3) is 0.0625. The van der Waals surface area contributed by atoms with Crippen molar-refractivity contribution >= 4 is 5.69 Å². The van der Waals surface area contributed by atoms with Gasteiger partial charge in [0.25, 0.3) is 0 Å². The lowest BCUT2D eigenvalue weighted by atomic mass is 10.2. The van der Waals surface area contributed by atoms with E-state index in [1.807, 2.05) is 42.5 Å². The van der Waals surface area contributed by atoms with Gasteiger partial charge >= 0.3 is 5.69 Å². The molecule has 4 nitrogen and oxygen atoms in total. The Labute approximate surface area is 116 Å². The first-order valence-corrected chi connectivity index (χ1v) is 6.47. The second-order valence-corrected chi connectivity index (χ2v) is 4.52. The van der Waals surface area contributed by atoms with Crippen molar-refractivity contribution in [1.82, 2.24) is 9.55 Å². The van der Waals surface area contributed by atoms with Gasteiger partial charge in [0, 0.05) is 24.6 Å². The maximum absolute atomic E-state index is 11.5. The molecule has 0 amide bonds. The van der Waals surface area contributed by atoms with Crippen molar-refractivity contribution in [3.05, 3.63) is 83.0 Å². The molecule has 3 rings (SSSR count). The molecule has 3 aromatic rings. The first-order valence-electron chi connectivity index (χ1n) is 6.47. The van der Waals surface area contributed by atoms with Crippen LogP contribution in [-0.2, 0) is 6.54 Å². The zero-order valence-corrected chi connectivity index (χ0v) is 10.9. The van der Waals surface area contributed by atoms with E-state index < -0.39 is 0 Å². The Morgan fingerprint density at radius 1 is 1.00 bits per heavy atom. The second kappa shape index (κ2) is 5.48. The Balaban J connectivity index is 1.71. The predicted octanol–water partition coefficient (Wildman–Crippen LogP) is 2.78. The fourth-order valence-corrected chi connectivity index (χ4v) is 2.06. The third kappa shape index (κ3) is 2.64. The molecule has 0 saturated heterocycles. The van der Waals surface area contributed by atoms with Crippen LogP contribution in [0.25, 0.3) is 5.69 Å². The van der Waals surface area contributed by atoms with E-state index >= 15 is 0 Å². The molecule has 0 aliphatic heterocycles. The number of nitrogens with zero attached hydrogens (tertiary/aromatic N) is 1. The van der Waals surface area contributed by atoms with Crippen molar-refractivity contribution in [2.24, 2.45) is 0 Å². The van der Waals surface area contributed by atoms with Gasteiger partial charge in [0.1, 0.15) is 0 Å². The van der Waals surface area contributed by atoms with Crippen LogP contribution in [0.4, 0.5) is 5.69 Å². The minimum atomic E-state index is -0.130. The van der Waals surface area contributed by atoms with Gasteiger partial charge in [0.15, 0.2) is 0 Å². The van der Waals surface area contributed by atoms with E-state index in [0.717, 1.165) is 17.9 Å². The van der Waals surface area contributed by atoms with E-state index in [1.54, 1.807) is 17.0 Å². The first-order chi connectivity index (χ1) is 9.83. The van der Waals surface area contributed by atoms with Gasteiger partial charge in [0.05, 0.1) is 5.69 Å². The largest absolute Gasteiger partial charge is 0.381 e. The number of nitrogens with one attached hydrogen (secondary N) is 2. The molecular formula is C16H15N3O. The number of rotatable bonds is 4. The number of hydrogen-bond donors (Lipinski definition) is 2. The molecule has 0 spiro atoms. The quantitative estimate of drug-likeness (QED) is 0.762. The van der Waals surface area contributed by atoms with Gasteiger partial charge in [0.2, 0.25) is 0 Å². The molecule has 1 aromatic heterocycles. The highest BCUT2D eigenvalue weighted by atomic mass is 16.1. The van der Waals surface area contributed by atoms with E-state index in [9.17, 15) is 4.79 Å². The Kier molecular flexibility index (Phi) is 3.37. The maximum Gasteiger partial charge on any atom is 0.330 e. The van der Waals surface area contributed by atoms with Crippen LogP contribution in [0, 0.1) is 0 Å². The smallest absolute Gasteiger partial charge is 0.330 e. The van der Waals surface area contributed by atoms with Crippen molar-refractivity contribution in [3.8, 4) is 5.69 Å². The highest BCUT2D eigenvalue weighted by Crippen LogP contribution is 2.13. The molecule has 4 heteroatoms. The lowest BCUT2D eigenvalue weighted by Gasteiger charge is -2.07. The van der Waals surface area contributed by atoms with E-state index in [-0.39, 0.29) is 5.69 Å². The van der Waals surface area contributed by atoms with Crippen molar-refractivity contribution in [2.75, 3.05) is 5.32 Å². The molecule has 0 aliphatic carbocycles. The summed E-state index contributed by atoms with van der Waals surface area (Å²) in [4.78, 5) is 14.1. The van der Waals surface area contributed by atoms with Crippen LogP contribution in [0.1, 0.15) is 5.56 Å². The standard InChI is InChI=1S/C16H15N3O/c20-16-17-10-11-19(16)15-8-6-14(7-9-15)18-12-13-4-2-1-3-5-13/h1-11,18H,12H2,(H,17,20). The molecule has 100 valence electrons. The molecule has 2 N–H and O–H groups in total. The van der Waals surface area contributed by atoms with Crippen LogP contribution in [0.3, 0.4) is 0 Å². The van der Waals surface area contributed by atoms with Crippen LogP contribution in [0.15, 0.2) is 71.8 Å². The number of H-pyrrole nitrogens is 1. The molecule has 20 heavy (non-hydrogen) atoms. The molecular weight excluding hydrogens is 250 g/mol. The van der Waals surface area contributed by atoms with E-state index in [1.165, 1.54) is 5.56 Å². The molecule has 0 atom stereocenters. The molecule has 0 fully saturated rings. The fourth-order valence-electron chi connectivity index (χ4n) is 2.06. The predicted molar refractivity (Wildman–Crippen MR) is 80.2 cm³/mol. The highest BCUT2D eigenvalue weighted by molar-refractivity contribution is 5.49. The van der Waals surface area contributed by atoms with Gasteiger partial charge in [-0.15, -0.1) is 0 Å². The minimum Gasteiger partial charge on any atom is -0.381 e. The average molecular weight is 265 g/mol. The average Bonchev–Trinajstić information content (AvgIpc) is 2.93. The summed E-state index contributed by atoms with van der Waals surface area (Å²) < 4.78 is 1.57. The lowest BCUT2D eigenvalue weighted by Crippen LogP contribution is -2.13. The Morgan fingerprint density at radius 2 is 1.75 bits per heavy atom. The van der Waals surface area contributed by atoms with Gasteiger partial charge in [-0.1, -0.05) is 30.3 Å². The normalized spacial score (nSPS) is 10.4. The van der Waals surface area contributed by atoms with Crippen LogP contribution >= 0.6 is 0 Å². The summed E-state index contributed by atoms with van der Waals surface area (Å²) in [5, 5.41) is 3.35. The summed E-state index contributed by atoms with van der Waals surface area (Å²) in [5.74, 6) is 0. The molecule has 0 radical (unpaired) electrons. The molecule has 0 bridgehead atoms. The van der Waals surface area contributed by atoms with Crippen molar-refractivity contribution in [1.29, 1.82) is 0 Å². The van der Waals surface area contributed by atoms with Gasteiger partial charge < -0.3 is 10.3 Å². The SMILES string of the molecule is O=c1[nH]ccn1-c1ccc(NCc2ccccc2)cc1. The van der Waals surface area contributed by atoms with Crippen molar-refractivity contribution in [3.63, 3.8) is 0 Å². The van der Waals surface area contributed by atoms with Crippen LogP contribution in [0.5, 0.6) is 0 Å². The molecule has 1 heterocycles. The van der Waals surface area contributed by atoms with Crippen molar-refractivity contribution < 1.29 is 0 Å². The summed E-state index contributed by atoms with van der Waals surface area (Å²) in [6.45, 7) is 0.782. The number of aromatic amines is 1. The van der Waals surface area contributed by atoms with Crippen molar-refractivity contribution in [2.45, 2.75) is 6.54 Å². The van der Waals surface area contributed by atoms with Gasteiger partial charge in [-0.2, -0.15) is 0 Å². The van der Waals surface area contributed by atoms with Crippen LogP contribution in [-0.4, -0.2) is 9.55 Å². The van der Waals surface area contributed by atoms with E-state index in [0.29, 0.717) is 0 Å². The Bertz CT molecular complexity index is 726. The number of hydrogen-bond acceptors (Lipinski definition) is 2. The third-order valence-corrected chi connectivity index (χ3v) is 3.13. The molecule has 2 aromatic carbocycles. The molecule has 0 unspecified atom stereocenters. The monoisotopic (exact) mass is 265 g/mol. The molecule has 0 aliphatic rings. The zero-order valence-electron chi connectivity index (χ0n) is 10.9. The summed E-state index contributed by atoms with van der Waals surface area (Å²) in [7, 11) is 0. The summed E-state index contributed by atoms with van der Waals surface area (Å²) in [5.41, 5.74) is 2.98. The Morgan fingerprint density at radius 3 is 2.40 bits per heavy atom. The van der Waals surface area contributed by atoms with Gasteiger partial charge in [-0.25, -0.2) is 4.79 Å². The van der Waals surface area contributed by atoms with Crippen LogP contribution < -0.4 is 11.0 Å². The maximum atomic E-state index is 11.5. The number of aromatic nitrogens is 2. The van der Waals surface area contributed by atoms with Gasteiger partial charge in [-0.3, -0.25) is 4.57 Å². The topological polar surface area (TPSA) is 49.8 Å². The third-order valence-electron chi connectivity index (χ3n) is 3.13. The van der Waals surface area contributed by atoms with Gasteiger partial charge in [-0.05, 0) is 29.8 Å². The Hall–Kier alpha value is -2.75. The highest BCUT2D eigenvalue weighted by Gasteiger charge is 2.00. The summed E-state index contributed by atoms with van der Waals surface area (Å²) in [6.07, 6.45) is 3.35. The van der Waals surface area contributed by atoms with E-state index in [2.05, 4.69) is 22.4 Å². The minimum absolute atomic E-state index is 0.130. The summed E-state index contributed by atoms with van der Waals surface area (Å²) in [6, 6.07) is 18.0. The number of benzene rings is 2. The van der Waals surface area contributed by atoms with Crippen LogP contribution in [0.2, 0.25) is 0 Å². The summed E-state index contributed by atoms with van der Waals surface area (Å²) >= 11 is 0. The lowest BCUT2D eigenvalue weighted by molar-refractivity contribution is 0.987.